The van der Waals surface area contributed by atoms with Crippen molar-refractivity contribution in [3.63, 3.8) is 0 Å². The fourth-order valence-electron chi connectivity index (χ4n) is 0.613. The maximum absolute atomic E-state index is 10.3. The van der Waals surface area contributed by atoms with Crippen molar-refractivity contribution in [3.05, 3.63) is 0 Å². The van der Waals surface area contributed by atoms with Crippen molar-refractivity contribution in [2.75, 3.05) is 0 Å². The molecule has 0 bridgehead atoms. The standard InChI is InChI=1S/C5H7NO/c1-4-2-3-5(7)6-4/h2-3H2,1H3. The number of nitrogens with zero attached hydrogens (tertiary/aromatic N) is 1. The van der Waals surface area contributed by atoms with Gasteiger partial charge in [-0.05, 0) is 13.3 Å². The van der Waals surface area contributed by atoms with Crippen molar-refractivity contribution in [2.45, 2.75) is 19.8 Å². The summed E-state index contributed by atoms with van der Waals surface area (Å²) in [5.74, 6) is 0.0394. The quantitative estimate of drug-likeness (QED) is 0.439. The summed E-state index contributed by atoms with van der Waals surface area (Å²) in [6.45, 7) is 1.88. The summed E-state index contributed by atoms with van der Waals surface area (Å²) in [5.41, 5.74) is 0.977. The summed E-state index contributed by atoms with van der Waals surface area (Å²) < 4.78 is 0. The summed E-state index contributed by atoms with van der Waals surface area (Å²) >= 11 is 0. The lowest BCUT2D eigenvalue weighted by molar-refractivity contribution is -0.117. The lowest BCUT2D eigenvalue weighted by Crippen LogP contribution is -1.79. The predicted octanol–water partition coefficient (Wildman–Crippen LogP) is 0.768. The average Bonchev–Trinajstić information content (AvgIpc) is 1.87. The van der Waals surface area contributed by atoms with Crippen LogP contribution in [0, 0.1) is 0 Å². The molecule has 0 saturated heterocycles. The molecule has 1 rings (SSSR count). The largest absolute Gasteiger partial charge is 0.273 e. The van der Waals surface area contributed by atoms with E-state index in [0.717, 1.165) is 12.1 Å². The van der Waals surface area contributed by atoms with E-state index < -0.39 is 0 Å². The molecule has 38 valence electrons. The summed E-state index contributed by atoms with van der Waals surface area (Å²) in [6, 6.07) is 0. The third kappa shape index (κ3) is 0.856. The Labute approximate surface area is 42.3 Å². The van der Waals surface area contributed by atoms with Gasteiger partial charge in [0.05, 0.1) is 0 Å². The van der Waals surface area contributed by atoms with Crippen LogP contribution in [0.1, 0.15) is 19.8 Å². The van der Waals surface area contributed by atoms with Crippen LogP contribution in [0.2, 0.25) is 0 Å². The molecule has 0 radical (unpaired) electrons. The van der Waals surface area contributed by atoms with Gasteiger partial charge < -0.3 is 0 Å². The lowest BCUT2D eigenvalue weighted by Gasteiger charge is -1.74. The van der Waals surface area contributed by atoms with Gasteiger partial charge in [-0.1, -0.05) is 0 Å². The maximum Gasteiger partial charge on any atom is 0.245 e. The van der Waals surface area contributed by atoms with Crippen LogP contribution < -0.4 is 0 Å². The molecule has 2 heteroatoms. The summed E-state index contributed by atoms with van der Waals surface area (Å²) in [6.07, 6.45) is 1.50. The Morgan fingerprint density at radius 1 is 1.57 bits per heavy atom. The first-order valence-electron chi connectivity index (χ1n) is 2.36. The van der Waals surface area contributed by atoms with E-state index in [1.807, 2.05) is 6.92 Å². The molecule has 0 atom stereocenters. The highest BCUT2D eigenvalue weighted by Gasteiger charge is 2.07. The van der Waals surface area contributed by atoms with Gasteiger partial charge in [0, 0.05) is 12.1 Å². The average molecular weight is 97.1 g/mol. The van der Waals surface area contributed by atoms with Crippen LogP contribution in [0.25, 0.3) is 0 Å². The molecule has 0 spiro atoms. The molecule has 2 nitrogen and oxygen atoms in total. The predicted molar refractivity (Wildman–Crippen MR) is 27.3 cm³/mol. The molecule has 0 unspecified atom stereocenters. The molecule has 0 fully saturated rings. The first-order valence-corrected chi connectivity index (χ1v) is 2.36. The lowest BCUT2D eigenvalue weighted by atomic mass is 10.3. The number of aliphatic imine (C=N–C) groups is 1. The monoisotopic (exact) mass is 97.1 g/mol. The van der Waals surface area contributed by atoms with Gasteiger partial charge in [0.25, 0.3) is 0 Å². The number of carbonyl (C=O) groups is 1. The van der Waals surface area contributed by atoms with Gasteiger partial charge in [0.1, 0.15) is 0 Å². The molecule has 1 heterocycles. The molecule has 0 N–H and O–H groups in total. The fourth-order valence-corrected chi connectivity index (χ4v) is 0.613. The third-order valence-corrected chi connectivity index (χ3v) is 1.02. The maximum atomic E-state index is 10.3. The molecule has 0 aromatic heterocycles. The zero-order valence-corrected chi connectivity index (χ0v) is 4.27. The van der Waals surface area contributed by atoms with Crippen LogP contribution in [-0.4, -0.2) is 11.6 Å². The Bertz CT molecular complexity index is 126. The topological polar surface area (TPSA) is 29.4 Å². The Hall–Kier alpha value is -0.660. The van der Waals surface area contributed by atoms with E-state index >= 15 is 0 Å². The zero-order chi connectivity index (χ0) is 5.28. The van der Waals surface area contributed by atoms with Gasteiger partial charge in [-0.25, -0.2) is 4.99 Å². The van der Waals surface area contributed by atoms with Crippen molar-refractivity contribution < 1.29 is 4.79 Å². The Morgan fingerprint density at radius 3 is 2.43 bits per heavy atom. The van der Waals surface area contributed by atoms with Crippen LogP contribution in [0.15, 0.2) is 4.99 Å². The molecule has 1 amide bonds. The van der Waals surface area contributed by atoms with E-state index in [2.05, 4.69) is 4.99 Å². The second kappa shape index (κ2) is 1.45. The molecular formula is C5H7NO. The van der Waals surface area contributed by atoms with Crippen LogP contribution in [-0.2, 0) is 4.79 Å². The van der Waals surface area contributed by atoms with E-state index in [1.165, 1.54) is 0 Å². The summed E-state index contributed by atoms with van der Waals surface area (Å²) in [4.78, 5) is 13.9. The minimum Gasteiger partial charge on any atom is -0.273 e. The van der Waals surface area contributed by atoms with E-state index in [9.17, 15) is 4.79 Å². The molecule has 1 aliphatic heterocycles. The van der Waals surface area contributed by atoms with Crippen LogP contribution in [0.5, 0.6) is 0 Å². The van der Waals surface area contributed by atoms with Gasteiger partial charge in [0.2, 0.25) is 5.91 Å². The molecule has 0 aromatic rings. The first kappa shape index (κ1) is 4.50. The number of hydrogen-bond donors (Lipinski definition) is 0. The molecule has 0 saturated carbocycles. The highest BCUT2D eigenvalue weighted by molar-refractivity contribution is 6.00. The minimum absolute atomic E-state index is 0.0394. The van der Waals surface area contributed by atoms with Crippen molar-refractivity contribution in [3.8, 4) is 0 Å². The Morgan fingerprint density at radius 2 is 2.29 bits per heavy atom. The van der Waals surface area contributed by atoms with Crippen molar-refractivity contribution in [1.82, 2.24) is 0 Å². The zero-order valence-electron chi connectivity index (χ0n) is 4.27. The molecule has 1 aliphatic rings. The van der Waals surface area contributed by atoms with Gasteiger partial charge in [-0.15, -0.1) is 0 Å². The van der Waals surface area contributed by atoms with Crippen molar-refractivity contribution in [2.24, 2.45) is 4.99 Å². The van der Waals surface area contributed by atoms with Gasteiger partial charge >= 0.3 is 0 Å². The SMILES string of the molecule is CC1=NC(=O)CC1. The van der Waals surface area contributed by atoms with E-state index in [-0.39, 0.29) is 5.91 Å². The highest BCUT2D eigenvalue weighted by atomic mass is 16.1. The summed E-state index contributed by atoms with van der Waals surface area (Å²) in [5, 5.41) is 0. The second-order valence-corrected chi connectivity index (χ2v) is 1.74. The molecule has 7 heavy (non-hydrogen) atoms. The number of amides is 1. The Kier molecular flexibility index (Phi) is 0.929. The fraction of sp³-hybridized carbons (Fsp3) is 0.600. The van der Waals surface area contributed by atoms with Gasteiger partial charge in [-0.2, -0.15) is 0 Å². The molecular weight excluding hydrogens is 90.1 g/mol. The third-order valence-electron chi connectivity index (χ3n) is 1.02. The molecule has 0 aromatic carbocycles. The number of rotatable bonds is 0. The highest BCUT2D eigenvalue weighted by Crippen LogP contribution is 2.03. The van der Waals surface area contributed by atoms with Gasteiger partial charge in [-0.3, -0.25) is 4.79 Å². The van der Waals surface area contributed by atoms with Crippen LogP contribution >= 0.6 is 0 Å². The first-order chi connectivity index (χ1) is 3.29. The molecule has 0 aliphatic carbocycles. The summed E-state index contributed by atoms with van der Waals surface area (Å²) in [7, 11) is 0. The van der Waals surface area contributed by atoms with Gasteiger partial charge in [0.15, 0.2) is 0 Å². The van der Waals surface area contributed by atoms with Crippen LogP contribution in [0.4, 0.5) is 0 Å². The van der Waals surface area contributed by atoms with Crippen LogP contribution in [0.3, 0.4) is 0 Å². The number of hydrogen-bond acceptors (Lipinski definition) is 1. The minimum atomic E-state index is 0.0394. The normalized spacial score (nSPS) is 20.1. The number of carbonyl (C=O) groups excluding carboxylic acids is 1. The second-order valence-electron chi connectivity index (χ2n) is 1.74. The van der Waals surface area contributed by atoms with E-state index in [0.29, 0.717) is 6.42 Å². The van der Waals surface area contributed by atoms with Crippen molar-refractivity contribution >= 4 is 11.6 Å². The Balaban J connectivity index is 2.67. The van der Waals surface area contributed by atoms with E-state index in [4.69, 9.17) is 0 Å². The van der Waals surface area contributed by atoms with E-state index in [1.54, 1.807) is 0 Å². The smallest absolute Gasteiger partial charge is 0.245 e. The van der Waals surface area contributed by atoms with Crippen molar-refractivity contribution in [1.29, 1.82) is 0 Å².